The van der Waals surface area contributed by atoms with Gasteiger partial charge in [-0.25, -0.2) is 0 Å². The van der Waals surface area contributed by atoms with Gasteiger partial charge in [0.15, 0.2) is 5.78 Å². The molecule has 0 saturated heterocycles. The number of Topliss-reactive ketones (excluding diaryl/α,β-unsaturated/α-hetero) is 1. The summed E-state index contributed by atoms with van der Waals surface area (Å²) in [5.41, 5.74) is 1.86. The van der Waals surface area contributed by atoms with E-state index in [2.05, 4.69) is 10.6 Å². The number of hydrogen-bond acceptors (Lipinski definition) is 4. The summed E-state index contributed by atoms with van der Waals surface area (Å²) in [6.45, 7) is 3.38. The van der Waals surface area contributed by atoms with E-state index in [0.717, 1.165) is 5.69 Å². The van der Waals surface area contributed by atoms with Gasteiger partial charge in [0.2, 0.25) is 11.8 Å². The van der Waals surface area contributed by atoms with Crippen molar-refractivity contribution in [2.45, 2.75) is 25.5 Å². The molecule has 136 valence electrons. The second-order valence-corrected chi connectivity index (χ2v) is 6.94. The Kier molecular flexibility index (Phi) is 7.41. The number of rotatable bonds is 8. The lowest BCUT2D eigenvalue weighted by atomic mass is 10.1. The number of nitrogens with one attached hydrogen (secondary N) is 2. The fourth-order valence-electron chi connectivity index (χ4n) is 2.31. The number of ketones is 1. The minimum Gasteiger partial charge on any atom is -0.325 e. The molecule has 0 aliphatic carbocycles. The predicted octanol–water partition coefficient (Wildman–Crippen LogP) is 3.98. The van der Waals surface area contributed by atoms with E-state index in [4.69, 9.17) is 0 Å². The van der Waals surface area contributed by atoms with Gasteiger partial charge < -0.3 is 10.6 Å². The highest BCUT2D eigenvalue weighted by Crippen LogP contribution is 2.19. The number of thioether (sulfide) groups is 1. The molecule has 2 aromatic rings. The summed E-state index contributed by atoms with van der Waals surface area (Å²) >= 11 is 1.30. The molecule has 0 saturated carbocycles. The average Bonchev–Trinajstić information content (AvgIpc) is 2.63. The molecule has 6 heteroatoms. The number of carbonyl (C=O) groups excluding carboxylic acids is 3. The fourth-order valence-corrected chi connectivity index (χ4v) is 3.18. The molecule has 0 spiro atoms. The lowest BCUT2D eigenvalue weighted by Gasteiger charge is -2.15. The van der Waals surface area contributed by atoms with Crippen LogP contribution in [0.3, 0.4) is 0 Å². The summed E-state index contributed by atoms with van der Waals surface area (Å²) in [7, 11) is 0. The average molecular weight is 370 g/mol. The van der Waals surface area contributed by atoms with Crippen LogP contribution in [0.25, 0.3) is 0 Å². The van der Waals surface area contributed by atoms with E-state index >= 15 is 0 Å². The summed E-state index contributed by atoms with van der Waals surface area (Å²) in [5.74, 6) is -0.189. The minimum absolute atomic E-state index is 0.0555. The van der Waals surface area contributed by atoms with E-state index in [1.165, 1.54) is 18.7 Å². The summed E-state index contributed by atoms with van der Waals surface area (Å²) in [5, 5.41) is 5.27. The molecule has 0 heterocycles. The minimum atomic E-state index is -0.350. The van der Waals surface area contributed by atoms with Crippen molar-refractivity contribution in [3.05, 3.63) is 60.2 Å². The van der Waals surface area contributed by atoms with Gasteiger partial charge in [-0.2, -0.15) is 0 Å². The molecule has 26 heavy (non-hydrogen) atoms. The van der Waals surface area contributed by atoms with Crippen LogP contribution < -0.4 is 10.6 Å². The topological polar surface area (TPSA) is 75.3 Å². The van der Waals surface area contributed by atoms with Crippen molar-refractivity contribution in [1.29, 1.82) is 0 Å². The van der Waals surface area contributed by atoms with Crippen LogP contribution in [-0.4, -0.2) is 28.6 Å². The number of para-hydroxylation sites is 1. The van der Waals surface area contributed by atoms with E-state index in [1.54, 1.807) is 24.3 Å². The van der Waals surface area contributed by atoms with Gasteiger partial charge >= 0.3 is 0 Å². The zero-order valence-electron chi connectivity index (χ0n) is 14.8. The van der Waals surface area contributed by atoms with Crippen molar-refractivity contribution in [2.24, 2.45) is 0 Å². The lowest BCUT2D eigenvalue weighted by molar-refractivity contribution is -0.115. The van der Waals surface area contributed by atoms with E-state index in [0.29, 0.717) is 17.7 Å². The molecular formula is C20H22N2O3S. The number of carbonyl (C=O) groups is 3. The third-order valence-corrected chi connectivity index (χ3v) is 5.05. The van der Waals surface area contributed by atoms with E-state index in [-0.39, 0.29) is 28.6 Å². The molecule has 0 aliphatic rings. The molecule has 1 unspecified atom stereocenters. The van der Waals surface area contributed by atoms with Crippen LogP contribution in [0.2, 0.25) is 0 Å². The first-order valence-electron chi connectivity index (χ1n) is 8.38. The Morgan fingerprint density at radius 2 is 1.65 bits per heavy atom. The lowest BCUT2D eigenvalue weighted by Crippen LogP contribution is -2.27. The smallest absolute Gasteiger partial charge is 0.237 e. The van der Waals surface area contributed by atoms with Crippen molar-refractivity contribution in [3.8, 4) is 0 Å². The molecule has 5 nitrogen and oxygen atoms in total. The molecule has 0 radical (unpaired) electrons. The second-order valence-electron chi connectivity index (χ2n) is 5.75. The van der Waals surface area contributed by atoms with Crippen molar-refractivity contribution < 1.29 is 14.4 Å². The number of anilines is 2. The second kappa shape index (κ2) is 9.77. The molecular weight excluding hydrogens is 348 g/mol. The van der Waals surface area contributed by atoms with Gasteiger partial charge in [-0.3, -0.25) is 14.4 Å². The van der Waals surface area contributed by atoms with Gasteiger partial charge in [-0.1, -0.05) is 37.3 Å². The number of hydrogen-bond donors (Lipinski definition) is 2. The molecule has 2 rings (SSSR count). The van der Waals surface area contributed by atoms with Crippen LogP contribution in [0, 0.1) is 0 Å². The molecule has 0 bridgehead atoms. The zero-order chi connectivity index (χ0) is 18.9. The Bertz CT molecular complexity index is 778. The first kappa shape index (κ1) is 19.7. The predicted molar refractivity (Wildman–Crippen MR) is 107 cm³/mol. The fraction of sp³-hybridized carbons (Fsp3) is 0.250. The van der Waals surface area contributed by atoms with Crippen LogP contribution in [0.4, 0.5) is 11.4 Å². The first-order chi connectivity index (χ1) is 12.5. The molecule has 0 fully saturated rings. The Hall–Kier alpha value is -2.60. The third-order valence-electron chi connectivity index (χ3n) is 3.67. The molecule has 0 aliphatic heterocycles. The van der Waals surface area contributed by atoms with E-state index in [9.17, 15) is 14.4 Å². The third kappa shape index (κ3) is 6.04. The summed E-state index contributed by atoms with van der Waals surface area (Å²) in [6.07, 6.45) is 0.599. The maximum atomic E-state index is 12.4. The molecule has 1 atom stereocenters. The first-order valence-corrected chi connectivity index (χ1v) is 9.43. The monoisotopic (exact) mass is 370 g/mol. The van der Waals surface area contributed by atoms with Gasteiger partial charge in [0.25, 0.3) is 0 Å². The van der Waals surface area contributed by atoms with Gasteiger partial charge in [-0.15, -0.1) is 11.8 Å². The maximum Gasteiger partial charge on any atom is 0.237 e. The Balaban J connectivity index is 1.89. The van der Waals surface area contributed by atoms with Gasteiger partial charge in [0.1, 0.15) is 0 Å². The van der Waals surface area contributed by atoms with Gasteiger partial charge in [0, 0.05) is 16.9 Å². The maximum absolute atomic E-state index is 12.4. The molecule has 2 aromatic carbocycles. The van der Waals surface area contributed by atoms with Crippen LogP contribution in [0.1, 0.15) is 30.6 Å². The van der Waals surface area contributed by atoms with Crippen LogP contribution in [-0.2, 0) is 9.59 Å². The van der Waals surface area contributed by atoms with Crippen molar-refractivity contribution in [2.75, 3.05) is 16.4 Å². The van der Waals surface area contributed by atoms with Gasteiger partial charge in [0.05, 0.1) is 11.0 Å². The number of benzene rings is 2. The largest absolute Gasteiger partial charge is 0.325 e. The highest BCUT2D eigenvalue weighted by molar-refractivity contribution is 8.01. The Morgan fingerprint density at radius 3 is 2.31 bits per heavy atom. The summed E-state index contributed by atoms with van der Waals surface area (Å²) in [4.78, 5) is 35.9. The van der Waals surface area contributed by atoms with Crippen LogP contribution in [0.5, 0.6) is 0 Å². The molecule has 2 amide bonds. The molecule has 0 aromatic heterocycles. The SMILES string of the molecule is CCC(SCC(=O)Nc1ccccc1)C(=O)Nc1cccc(C(C)=O)c1. The normalized spacial score (nSPS) is 11.5. The van der Waals surface area contributed by atoms with Crippen molar-refractivity contribution in [1.82, 2.24) is 0 Å². The van der Waals surface area contributed by atoms with Crippen LogP contribution >= 0.6 is 11.8 Å². The van der Waals surface area contributed by atoms with Gasteiger partial charge in [-0.05, 0) is 37.6 Å². The quantitative estimate of drug-likeness (QED) is 0.689. The standard InChI is InChI=1S/C20H22N2O3S/c1-3-18(26-13-19(24)21-16-9-5-4-6-10-16)20(25)22-17-11-7-8-15(12-17)14(2)23/h4-12,18H,3,13H2,1-2H3,(H,21,24)(H,22,25). The van der Waals surface area contributed by atoms with Crippen LogP contribution in [0.15, 0.2) is 54.6 Å². The summed E-state index contributed by atoms with van der Waals surface area (Å²) < 4.78 is 0. The summed E-state index contributed by atoms with van der Waals surface area (Å²) in [6, 6.07) is 16.0. The molecule has 2 N–H and O–H groups in total. The highest BCUT2D eigenvalue weighted by atomic mass is 32.2. The Labute approximate surface area is 157 Å². The van der Waals surface area contributed by atoms with Crippen molar-refractivity contribution in [3.63, 3.8) is 0 Å². The number of amides is 2. The van der Waals surface area contributed by atoms with E-state index in [1.807, 2.05) is 37.3 Å². The van der Waals surface area contributed by atoms with E-state index < -0.39 is 0 Å². The van der Waals surface area contributed by atoms with Crippen molar-refractivity contribution >= 4 is 40.7 Å². The highest BCUT2D eigenvalue weighted by Gasteiger charge is 2.19. The Morgan fingerprint density at radius 1 is 0.962 bits per heavy atom. The zero-order valence-corrected chi connectivity index (χ0v) is 15.6.